The van der Waals surface area contributed by atoms with Crippen molar-refractivity contribution in [1.29, 1.82) is 0 Å². The van der Waals surface area contributed by atoms with Crippen molar-refractivity contribution in [1.82, 2.24) is 15.4 Å². The maximum absolute atomic E-state index is 12.5. The number of rotatable bonds is 2. The van der Waals surface area contributed by atoms with Gasteiger partial charge in [0, 0.05) is 18.0 Å². The summed E-state index contributed by atoms with van der Waals surface area (Å²) in [7, 11) is 0. The molecular weight excluding hydrogens is 270 g/mol. The maximum atomic E-state index is 12.5. The van der Waals surface area contributed by atoms with Crippen LogP contribution in [0.4, 0.5) is 0 Å². The Balaban J connectivity index is 1.83. The number of nitrogens with one attached hydrogen (secondary N) is 1. The van der Waals surface area contributed by atoms with Gasteiger partial charge in [0.1, 0.15) is 0 Å². The van der Waals surface area contributed by atoms with E-state index < -0.39 is 17.2 Å². The lowest BCUT2D eigenvalue weighted by Gasteiger charge is -2.27. The third-order valence-electron chi connectivity index (χ3n) is 4.22. The minimum Gasteiger partial charge on any atom is -0.272 e. The fourth-order valence-corrected chi connectivity index (χ4v) is 2.86. The van der Waals surface area contributed by atoms with E-state index in [-0.39, 0.29) is 11.8 Å². The summed E-state index contributed by atoms with van der Waals surface area (Å²) < 4.78 is 0. The molecule has 1 aromatic heterocycles. The molecule has 108 valence electrons. The predicted octanol–water partition coefficient (Wildman–Crippen LogP) is 1.07. The van der Waals surface area contributed by atoms with Crippen LogP contribution in [0.3, 0.4) is 0 Å². The highest BCUT2D eigenvalue weighted by molar-refractivity contribution is 6.09. The summed E-state index contributed by atoms with van der Waals surface area (Å²) in [6.45, 7) is 1.78. The van der Waals surface area contributed by atoms with Crippen LogP contribution in [-0.2, 0) is 9.59 Å². The second-order valence-electron chi connectivity index (χ2n) is 5.54. The summed E-state index contributed by atoms with van der Waals surface area (Å²) in [5.74, 6) is -1.57. The molecule has 21 heavy (non-hydrogen) atoms. The third kappa shape index (κ3) is 2.03. The van der Waals surface area contributed by atoms with Crippen LogP contribution in [0.5, 0.6) is 0 Å². The van der Waals surface area contributed by atoms with E-state index in [4.69, 9.17) is 0 Å². The summed E-state index contributed by atoms with van der Waals surface area (Å²) >= 11 is 0. The number of aromatic nitrogens is 1. The molecule has 6 heteroatoms. The zero-order chi connectivity index (χ0) is 15.0. The SMILES string of the molecule is C[C@]12CC=CC[C@H]1C(=O)N(NC(=O)c1ccncc1)C2=O. The lowest BCUT2D eigenvalue weighted by molar-refractivity contribution is -0.144. The smallest absolute Gasteiger partial charge is 0.270 e. The second kappa shape index (κ2) is 4.80. The zero-order valence-corrected chi connectivity index (χ0v) is 11.6. The van der Waals surface area contributed by atoms with E-state index in [2.05, 4.69) is 10.4 Å². The molecular formula is C15H15N3O3. The number of pyridine rings is 1. The topological polar surface area (TPSA) is 79.4 Å². The molecule has 0 saturated carbocycles. The number of hydrazine groups is 1. The molecule has 2 atom stereocenters. The summed E-state index contributed by atoms with van der Waals surface area (Å²) in [4.78, 5) is 40.8. The van der Waals surface area contributed by atoms with Crippen LogP contribution < -0.4 is 5.43 Å². The molecule has 0 unspecified atom stereocenters. The van der Waals surface area contributed by atoms with Gasteiger partial charge in [-0.1, -0.05) is 12.2 Å². The van der Waals surface area contributed by atoms with Crippen LogP contribution in [-0.4, -0.2) is 27.7 Å². The minimum absolute atomic E-state index is 0.339. The molecule has 0 spiro atoms. The Hall–Kier alpha value is -2.50. The van der Waals surface area contributed by atoms with Gasteiger partial charge in [-0.3, -0.25) is 24.8 Å². The van der Waals surface area contributed by atoms with Crippen LogP contribution in [0.2, 0.25) is 0 Å². The first-order valence-electron chi connectivity index (χ1n) is 6.78. The molecule has 2 heterocycles. The average molecular weight is 285 g/mol. The minimum atomic E-state index is -0.753. The van der Waals surface area contributed by atoms with E-state index in [0.29, 0.717) is 18.4 Å². The highest BCUT2D eigenvalue weighted by Crippen LogP contribution is 2.44. The Morgan fingerprint density at radius 2 is 2.05 bits per heavy atom. The van der Waals surface area contributed by atoms with E-state index in [1.165, 1.54) is 24.5 Å². The monoisotopic (exact) mass is 285 g/mol. The fourth-order valence-electron chi connectivity index (χ4n) is 2.86. The highest BCUT2D eigenvalue weighted by atomic mass is 16.2. The van der Waals surface area contributed by atoms with Crippen molar-refractivity contribution in [2.24, 2.45) is 11.3 Å². The van der Waals surface area contributed by atoms with Gasteiger partial charge in [-0.25, -0.2) is 0 Å². The Labute approximate surface area is 121 Å². The van der Waals surface area contributed by atoms with Gasteiger partial charge in [0.05, 0.1) is 11.3 Å². The maximum Gasteiger partial charge on any atom is 0.270 e. The molecule has 0 bridgehead atoms. The molecule has 1 saturated heterocycles. The first-order valence-corrected chi connectivity index (χ1v) is 6.78. The lowest BCUT2D eigenvalue weighted by Crippen LogP contribution is -2.47. The molecule has 3 amide bonds. The number of nitrogens with zero attached hydrogens (tertiary/aromatic N) is 2. The van der Waals surface area contributed by atoms with Crippen molar-refractivity contribution in [3.05, 3.63) is 42.2 Å². The molecule has 3 rings (SSSR count). The lowest BCUT2D eigenvalue weighted by atomic mass is 9.72. The van der Waals surface area contributed by atoms with E-state index in [0.717, 1.165) is 5.01 Å². The molecule has 6 nitrogen and oxygen atoms in total. The van der Waals surface area contributed by atoms with Crippen molar-refractivity contribution >= 4 is 17.7 Å². The van der Waals surface area contributed by atoms with Crippen molar-refractivity contribution in [2.75, 3.05) is 0 Å². The standard InChI is InChI=1S/C15H15N3O3/c1-15-7-3-2-4-11(15)13(20)18(14(15)21)17-12(19)10-5-8-16-9-6-10/h2-3,5-6,8-9,11H,4,7H2,1H3,(H,17,19)/t11-,15-/m0/s1. The van der Waals surface area contributed by atoms with Crippen LogP contribution in [0.25, 0.3) is 0 Å². The average Bonchev–Trinajstić information content (AvgIpc) is 2.69. The predicted molar refractivity (Wildman–Crippen MR) is 73.5 cm³/mol. The number of hydrogen-bond donors (Lipinski definition) is 1. The molecule has 1 aliphatic carbocycles. The summed E-state index contributed by atoms with van der Waals surface area (Å²) in [6, 6.07) is 3.05. The molecule has 0 aromatic carbocycles. The summed E-state index contributed by atoms with van der Waals surface area (Å²) in [5.41, 5.74) is 2.01. The van der Waals surface area contributed by atoms with E-state index in [1.54, 1.807) is 6.92 Å². The van der Waals surface area contributed by atoms with Gasteiger partial charge >= 0.3 is 0 Å². The first-order chi connectivity index (χ1) is 10.0. The molecule has 1 N–H and O–H groups in total. The van der Waals surface area contributed by atoms with Crippen LogP contribution >= 0.6 is 0 Å². The number of fused-ring (bicyclic) bond motifs is 1. The van der Waals surface area contributed by atoms with Crippen molar-refractivity contribution in [2.45, 2.75) is 19.8 Å². The van der Waals surface area contributed by atoms with Crippen molar-refractivity contribution < 1.29 is 14.4 Å². The van der Waals surface area contributed by atoms with E-state index in [9.17, 15) is 14.4 Å². The zero-order valence-electron chi connectivity index (χ0n) is 11.6. The number of hydrogen-bond acceptors (Lipinski definition) is 4. The Bertz CT molecular complexity index is 641. The van der Waals surface area contributed by atoms with Crippen LogP contribution in [0.15, 0.2) is 36.7 Å². The van der Waals surface area contributed by atoms with Gasteiger partial charge in [0.2, 0.25) is 0 Å². The van der Waals surface area contributed by atoms with Crippen LogP contribution in [0.1, 0.15) is 30.1 Å². The van der Waals surface area contributed by atoms with Gasteiger partial charge in [-0.05, 0) is 31.9 Å². The Morgan fingerprint density at radius 1 is 1.33 bits per heavy atom. The molecule has 0 radical (unpaired) electrons. The largest absolute Gasteiger partial charge is 0.272 e. The normalized spacial score (nSPS) is 27.7. The summed E-state index contributed by atoms with van der Waals surface area (Å²) in [5, 5.41) is 0.875. The number of carbonyl (C=O) groups excluding carboxylic acids is 3. The number of amides is 3. The van der Waals surface area contributed by atoms with E-state index in [1.807, 2.05) is 12.2 Å². The Kier molecular flexibility index (Phi) is 3.08. The highest BCUT2D eigenvalue weighted by Gasteiger charge is 2.56. The third-order valence-corrected chi connectivity index (χ3v) is 4.22. The molecule has 1 fully saturated rings. The van der Waals surface area contributed by atoms with Gasteiger partial charge < -0.3 is 0 Å². The van der Waals surface area contributed by atoms with Gasteiger partial charge in [-0.2, -0.15) is 5.01 Å². The number of imide groups is 1. The molecule has 1 aromatic rings. The van der Waals surface area contributed by atoms with Crippen molar-refractivity contribution in [3.8, 4) is 0 Å². The quantitative estimate of drug-likeness (QED) is 0.651. The van der Waals surface area contributed by atoms with Crippen molar-refractivity contribution in [3.63, 3.8) is 0 Å². The van der Waals surface area contributed by atoms with Crippen LogP contribution in [0, 0.1) is 11.3 Å². The van der Waals surface area contributed by atoms with E-state index >= 15 is 0 Å². The second-order valence-corrected chi connectivity index (χ2v) is 5.54. The van der Waals surface area contributed by atoms with Gasteiger partial charge in [-0.15, -0.1) is 0 Å². The number of carbonyl (C=O) groups is 3. The number of allylic oxidation sites excluding steroid dienone is 2. The Morgan fingerprint density at radius 3 is 2.71 bits per heavy atom. The summed E-state index contributed by atoms with van der Waals surface area (Å²) in [6.07, 6.45) is 7.83. The first kappa shape index (κ1) is 13.5. The molecule has 1 aliphatic heterocycles. The molecule has 2 aliphatic rings. The fraction of sp³-hybridized carbons (Fsp3) is 0.333. The van der Waals surface area contributed by atoms with Gasteiger partial charge in [0.25, 0.3) is 17.7 Å². The van der Waals surface area contributed by atoms with Gasteiger partial charge in [0.15, 0.2) is 0 Å².